The van der Waals surface area contributed by atoms with Gasteiger partial charge in [0, 0.05) is 0 Å². The van der Waals surface area contributed by atoms with Gasteiger partial charge < -0.3 is 0 Å². The zero-order valence-electron chi connectivity index (χ0n) is 8.24. The van der Waals surface area contributed by atoms with Crippen molar-refractivity contribution in [3.8, 4) is 6.07 Å². The van der Waals surface area contributed by atoms with Crippen LogP contribution in [-0.2, 0) is 10.0 Å². The van der Waals surface area contributed by atoms with E-state index in [-0.39, 0.29) is 5.75 Å². The maximum absolute atomic E-state index is 11.2. The van der Waals surface area contributed by atoms with Crippen LogP contribution < -0.4 is 4.72 Å². The fourth-order valence-electron chi connectivity index (χ4n) is 0.745. The molecule has 1 unspecified atom stereocenters. The van der Waals surface area contributed by atoms with E-state index in [1.165, 1.54) is 6.92 Å². The monoisotopic (exact) mass is 204 g/mol. The van der Waals surface area contributed by atoms with Crippen molar-refractivity contribution >= 4 is 10.0 Å². The third kappa shape index (κ3) is 6.55. The molecule has 0 aromatic heterocycles. The minimum atomic E-state index is -3.26. The van der Waals surface area contributed by atoms with Gasteiger partial charge in [-0.2, -0.15) is 9.98 Å². The molecular formula is C8H16N2O2S. The molecule has 0 saturated heterocycles. The summed E-state index contributed by atoms with van der Waals surface area (Å²) in [7, 11) is -3.26. The van der Waals surface area contributed by atoms with Gasteiger partial charge in [-0.05, 0) is 19.3 Å². The van der Waals surface area contributed by atoms with Crippen molar-refractivity contribution in [3.63, 3.8) is 0 Å². The molecule has 4 nitrogen and oxygen atoms in total. The molecule has 1 atom stereocenters. The lowest BCUT2D eigenvalue weighted by Crippen LogP contribution is -2.33. The van der Waals surface area contributed by atoms with E-state index in [1.807, 2.05) is 19.9 Å². The van der Waals surface area contributed by atoms with Gasteiger partial charge in [0.25, 0.3) is 0 Å². The van der Waals surface area contributed by atoms with Crippen LogP contribution in [0.15, 0.2) is 0 Å². The molecule has 0 aliphatic rings. The fraction of sp³-hybridized carbons (Fsp3) is 0.875. The molecule has 0 aromatic carbocycles. The first kappa shape index (κ1) is 12.4. The van der Waals surface area contributed by atoms with Crippen LogP contribution in [0.1, 0.15) is 27.2 Å². The average molecular weight is 204 g/mol. The first-order valence-corrected chi connectivity index (χ1v) is 5.92. The topological polar surface area (TPSA) is 70.0 Å². The van der Waals surface area contributed by atoms with Gasteiger partial charge in [0.05, 0.1) is 11.8 Å². The van der Waals surface area contributed by atoms with Crippen molar-refractivity contribution in [2.45, 2.75) is 33.2 Å². The molecule has 0 spiro atoms. The van der Waals surface area contributed by atoms with E-state index in [0.717, 1.165) is 0 Å². The van der Waals surface area contributed by atoms with Crippen molar-refractivity contribution in [2.75, 3.05) is 5.75 Å². The molecule has 0 aromatic rings. The van der Waals surface area contributed by atoms with E-state index < -0.39 is 16.1 Å². The molecule has 0 amide bonds. The third-order valence-corrected chi connectivity index (χ3v) is 3.00. The maximum atomic E-state index is 11.2. The first-order valence-electron chi connectivity index (χ1n) is 4.27. The maximum Gasteiger partial charge on any atom is 0.212 e. The molecule has 0 fully saturated rings. The van der Waals surface area contributed by atoms with Gasteiger partial charge in [0.1, 0.15) is 6.04 Å². The van der Waals surface area contributed by atoms with E-state index in [4.69, 9.17) is 5.26 Å². The molecule has 0 radical (unpaired) electrons. The zero-order chi connectivity index (χ0) is 10.5. The van der Waals surface area contributed by atoms with E-state index in [9.17, 15) is 8.42 Å². The smallest absolute Gasteiger partial charge is 0.212 e. The van der Waals surface area contributed by atoms with Crippen LogP contribution >= 0.6 is 0 Å². The highest BCUT2D eigenvalue weighted by atomic mass is 32.2. The van der Waals surface area contributed by atoms with Gasteiger partial charge in [-0.25, -0.2) is 8.42 Å². The van der Waals surface area contributed by atoms with Crippen molar-refractivity contribution in [1.82, 2.24) is 4.72 Å². The quantitative estimate of drug-likeness (QED) is 0.722. The zero-order valence-corrected chi connectivity index (χ0v) is 9.06. The van der Waals surface area contributed by atoms with Crippen molar-refractivity contribution in [3.05, 3.63) is 0 Å². The van der Waals surface area contributed by atoms with Gasteiger partial charge >= 0.3 is 0 Å². The molecule has 0 heterocycles. The Morgan fingerprint density at radius 2 is 1.92 bits per heavy atom. The van der Waals surface area contributed by atoms with Crippen LogP contribution in [0.2, 0.25) is 0 Å². The second kappa shape index (κ2) is 5.20. The Hall–Kier alpha value is -0.600. The summed E-state index contributed by atoms with van der Waals surface area (Å²) in [5.41, 5.74) is 0. The van der Waals surface area contributed by atoms with E-state index in [1.54, 1.807) is 0 Å². The Morgan fingerprint density at radius 1 is 1.38 bits per heavy atom. The summed E-state index contributed by atoms with van der Waals surface area (Å²) >= 11 is 0. The second-order valence-corrected chi connectivity index (χ2v) is 5.34. The van der Waals surface area contributed by atoms with Crippen LogP contribution in [0.5, 0.6) is 0 Å². The average Bonchev–Trinajstić information content (AvgIpc) is 2.00. The third-order valence-electron chi connectivity index (χ3n) is 1.51. The van der Waals surface area contributed by atoms with E-state index in [2.05, 4.69) is 4.72 Å². The Balaban J connectivity index is 4.04. The number of nitriles is 1. The van der Waals surface area contributed by atoms with Crippen LogP contribution in [0, 0.1) is 17.2 Å². The Morgan fingerprint density at radius 3 is 2.31 bits per heavy atom. The van der Waals surface area contributed by atoms with Crippen LogP contribution in [0.4, 0.5) is 0 Å². The lowest BCUT2D eigenvalue weighted by molar-refractivity contribution is 0.558. The Kier molecular flexibility index (Phi) is 4.96. The summed E-state index contributed by atoms with van der Waals surface area (Å²) in [5, 5.41) is 8.40. The van der Waals surface area contributed by atoms with E-state index in [0.29, 0.717) is 12.3 Å². The molecule has 76 valence electrons. The van der Waals surface area contributed by atoms with Crippen LogP contribution in [0.25, 0.3) is 0 Å². The summed E-state index contributed by atoms with van der Waals surface area (Å²) in [6.45, 7) is 5.44. The SMILES string of the molecule is CC(C)CCS(=O)(=O)NC(C)C#N. The molecule has 1 N–H and O–H groups in total. The normalized spacial score (nSPS) is 14.1. The lowest BCUT2D eigenvalue weighted by Gasteiger charge is -2.08. The van der Waals surface area contributed by atoms with Gasteiger partial charge in [-0.3, -0.25) is 0 Å². The second-order valence-electron chi connectivity index (χ2n) is 3.47. The molecule has 0 bridgehead atoms. The van der Waals surface area contributed by atoms with Crippen molar-refractivity contribution < 1.29 is 8.42 Å². The highest BCUT2D eigenvalue weighted by Crippen LogP contribution is 2.02. The van der Waals surface area contributed by atoms with Crippen LogP contribution in [-0.4, -0.2) is 20.2 Å². The van der Waals surface area contributed by atoms with Gasteiger partial charge in [-0.15, -0.1) is 0 Å². The summed E-state index contributed by atoms with van der Waals surface area (Å²) in [4.78, 5) is 0. The van der Waals surface area contributed by atoms with Crippen molar-refractivity contribution in [2.24, 2.45) is 5.92 Å². The predicted molar refractivity (Wildman–Crippen MR) is 51.5 cm³/mol. The van der Waals surface area contributed by atoms with Crippen molar-refractivity contribution in [1.29, 1.82) is 5.26 Å². The van der Waals surface area contributed by atoms with Gasteiger partial charge in [-0.1, -0.05) is 13.8 Å². The van der Waals surface area contributed by atoms with Crippen LogP contribution in [0.3, 0.4) is 0 Å². The summed E-state index contributed by atoms with van der Waals surface area (Å²) < 4.78 is 24.8. The Bertz CT molecular complexity index is 277. The van der Waals surface area contributed by atoms with Gasteiger partial charge in [0.2, 0.25) is 10.0 Å². The largest absolute Gasteiger partial charge is 0.212 e. The highest BCUT2D eigenvalue weighted by molar-refractivity contribution is 7.89. The standard InChI is InChI=1S/C8H16N2O2S/c1-7(2)4-5-13(11,12)10-8(3)6-9/h7-8,10H,4-5H2,1-3H3. The number of hydrogen-bond acceptors (Lipinski definition) is 3. The summed E-state index contributed by atoms with van der Waals surface area (Å²) in [6.07, 6.45) is 0.619. The number of rotatable bonds is 5. The fourth-order valence-corrected chi connectivity index (χ4v) is 2.24. The van der Waals surface area contributed by atoms with Gasteiger partial charge in [0.15, 0.2) is 0 Å². The molecule has 0 saturated carbocycles. The Labute approximate surface area is 80.0 Å². The molecule has 0 rings (SSSR count). The highest BCUT2D eigenvalue weighted by Gasteiger charge is 2.13. The lowest BCUT2D eigenvalue weighted by atomic mass is 10.2. The summed E-state index contributed by atoms with van der Waals surface area (Å²) in [6, 6.07) is 1.18. The number of hydrogen-bond donors (Lipinski definition) is 1. The molecule has 0 aliphatic heterocycles. The number of nitrogens with zero attached hydrogens (tertiary/aromatic N) is 1. The summed E-state index contributed by atoms with van der Waals surface area (Å²) in [5.74, 6) is 0.449. The molecule has 13 heavy (non-hydrogen) atoms. The minimum absolute atomic E-state index is 0.0939. The molecular weight excluding hydrogens is 188 g/mol. The minimum Gasteiger partial charge on any atom is -0.212 e. The molecule has 5 heteroatoms. The number of nitrogens with one attached hydrogen (secondary N) is 1. The predicted octanol–water partition coefficient (Wildman–Crippen LogP) is 0.864. The molecule has 0 aliphatic carbocycles. The number of sulfonamides is 1. The van der Waals surface area contributed by atoms with E-state index >= 15 is 0 Å². The first-order chi connectivity index (χ1) is 5.87.